The zero-order valence-corrected chi connectivity index (χ0v) is 10.6. The maximum Gasteiger partial charge on any atom is 0.190 e. The molecule has 90 valence electrons. The summed E-state index contributed by atoms with van der Waals surface area (Å²) in [6.07, 6.45) is 5.11. The number of hydrogen-bond acceptors (Lipinski definition) is 5. The molecular formula is C12H11N5S. The van der Waals surface area contributed by atoms with E-state index >= 15 is 0 Å². The summed E-state index contributed by atoms with van der Waals surface area (Å²) in [6.45, 7) is 0. The largest absolute Gasteiger partial charge is 0.398 e. The Morgan fingerprint density at radius 3 is 2.89 bits per heavy atom. The second kappa shape index (κ2) is 4.30. The number of anilines is 1. The van der Waals surface area contributed by atoms with Gasteiger partial charge in [-0.05, 0) is 30.0 Å². The Kier molecular flexibility index (Phi) is 2.64. The summed E-state index contributed by atoms with van der Waals surface area (Å²) >= 11 is 1.55. The van der Waals surface area contributed by atoms with Gasteiger partial charge >= 0.3 is 0 Å². The molecule has 3 aromatic rings. The molecule has 0 aliphatic carbocycles. The van der Waals surface area contributed by atoms with Crippen LogP contribution in [0.2, 0.25) is 0 Å². The fourth-order valence-corrected chi connectivity index (χ4v) is 2.64. The minimum absolute atomic E-state index is 0.759. The lowest BCUT2D eigenvalue weighted by molar-refractivity contribution is 0.685. The minimum Gasteiger partial charge on any atom is -0.398 e. The highest BCUT2D eigenvalue weighted by atomic mass is 32.2. The molecule has 0 bridgehead atoms. The van der Waals surface area contributed by atoms with Crippen molar-refractivity contribution in [3.63, 3.8) is 0 Å². The molecule has 0 saturated carbocycles. The highest BCUT2D eigenvalue weighted by Gasteiger charge is 2.08. The average molecular weight is 257 g/mol. The van der Waals surface area contributed by atoms with Crippen LogP contribution in [0.4, 0.5) is 5.69 Å². The number of nitrogen functional groups attached to an aromatic ring is 1. The highest BCUT2D eigenvalue weighted by Crippen LogP contribution is 2.33. The van der Waals surface area contributed by atoms with E-state index in [0.717, 1.165) is 26.5 Å². The summed E-state index contributed by atoms with van der Waals surface area (Å²) in [6, 6.07) is 5.81. The van der Waals surface area contributed by atoms with E-state index in [9.17, 15) is 0 Å². The van der Waals surface area contributed by atoms with E-state index in [1.165, 1.54) is 0 Å². The number of hydrogen-bond donors (Lipinski definition) is 1. The maximum atomic E-state index is 5.96. The van der Waals surface area contributed by atoms with Crippen LogP contribution in [0.25, 0.3) is 10.8 Å². The number of pyridine rings is 1. The van der Waals surface area contributed by atoms with E-state index in [0.29, 0.717) is 0 Å². The van der Waals surface area contributed by atoms with Gasteiger partial charge in [0, 0.05) is 40.8 Å². The molecule has 0 saturated heterocycles. The molecule has 2 N–H and O–H groups in total. The molecule has 0 spiro atoms. The Morgan fingerprint density at radius 2 is 2.11 bits per heavy atom. The van der Waals surface area contributed by atoms with Gasteiger partial charge in [0.05, 0.1) is 0 Å². The molecule has 18 heavy (non-hydrogen) atoms. The molecule has 0 atom stereocenters. The van der Waals surface area contributed by atoms with Crippen LogP contribution >= 0.6 is 11.8 Å². The SMILES string of the molecule is Cn1ncnc1Sc1ccc(N)c2ccncc12. The van der Waals surface area contributed by atoms with E-state index in [2.05, 4.69) is 15.1 Å². The van der Waals surface area contributed by atoms with Crippen LogP contribution in [0.5, 0.6) is 0 Å². The molecule has 2 heterocycles. The van der Waals surface area contributed by atoms with Gasteiger partial charge in [0.2, 0.25) is 0 Å². The van der Waals surface area contributed by atoms with E-state index in [1.54, 1.807) is 29.0 Å². The molecular weight excluding hydrogens is 246 g/mol. The standard InChI is InChI=1S/C12H11N5S/c1-17-12(15-7-16-17)18-11-3-2-10(13)8-4-5-14-6-9(8)11/h2-7H,13H2,1H3. The van der Waals surface area contributed by atoms with E-state index in [4.69, 9.17) is 5.73 Å². The summed E-state index contributed by atoms with van der Waals surface area (Å²) in [4.78, 5) is 9.43. The summed E-state index contributed by atoms with van der Waals surface area (Å²) in [5, 5.41) is 6.94. The van der Waals surface area contributed by atoms with E-state index in [-0.39, 0.29) is 0 Å². The number of nitrogens with zero attached hydrogens (tertiary/aromatic N) is 4. The van der Waals surface area contributed by atoms with Gasteiger partial charge in [-0.2, -0.15) is 5.10 Å². The second-order valence-corrected chi connectivity index (χ2v) is 4.85. The van der Waals surface area contributed by atoms with Crippen molar-refractivity contribution in [1.82, 2.24) is 19.7 Å². The van der Waals surface area contributed by atoms with Gasteiger partial charge in [-0.3, -0.25) is 4.98 Å². The molecule has 0 radical (unpaired) electrons. The minimum atomic E-state index is 0.759. The Morgan fingerprint density at radius 1 is 1.22 bits per heavy atom. The van der Waals surface area contributed by atoms with Crippen LogP contribution in [0.3, 0.4) is 0 Å². The Hall–Kier alpha value is -2.08. The molecule has 5 nitrogen and oxygen atoms in total. The number of aromatic nitrogens is 4. The Balaban J connectivity index is 2.13. The normalized spacial score (nSPS) is 10.9. The highest BCUT2D eigenvalue weighted by molar-refractivity contribution is 7.99. The summed E-state index contributed by atoms with van der Waals surface area (Å²) in [5.41, 5.74) is 6.72. The van der Waals surface area contributed by atoms with Crippen LogP contribution in [0.1, 0.15) is 0 Å². The van der Waals surface area contributed by atoms with Crippen LogP contribution in [-0.4, -0.2) is 19.7 Å². The van der Waals surface area contributed by atoms with Crippen molar-refractivity contribution in [2.75, 3.05) is 5.73 Å². The summed E-state index contributed by atoms with van der Waals surface area (Å²) < 4.78 is 1.74. The number of nitrogens with two attached hydrogens (primary N) is 1. The molecule has 0 aliphatic heterocycles. The third-order valence-electron chi connectivity index (χ3n) is 2.68. The van der Waals surface area contributed by atoms with Crippen molar-refractivity contribution < 1.29 is 0 Å². The van der Waals surface area contributed by atoms with Crippen molar-refractivity contribution in [3.05, 3.63) is 36.9 Å². The molecule has 0 fully saturated rings. The van der Waals surface area contributed by atoms with Gasteiger partial charge in [0.1, 0.15) is 6.33 Å². The molecule has 3 rings (SSSR count). The third-order valence-corrected chi connectivity index (χ3v) is 3.81. The fraction of sp³-hybridized carbons (Fsp3) is 0.0833. The lowest BCUT2D eigenvalue weighted by atomic mass is 10.1. The number of aryl methyl sites for hydroxylation is 1. The van der Waals surface area contributed by atoms with Crippen LogP contribution in [-0.2, 0) is 7.05 Å². The second-order valence-electron chi connectivity index (χ2n) is 3.84. The van der Waals surface area contributed by atoms with Gasteiger partial charge in [0.25, 0.3) is 0 Å². The molecule has 6 heteroatoms. The van der Waals surface area contributed by atoms with Crippen molar-refractivity contribution in [1.29, 1.82) is 0 Å². The fourth-order valence-electron chi connectivity index (χ4n) is 1.75. The molecule has 0 unspecified atom stereocenters. The first-order valence-electron chi connectivity index (χ1n) is 5.40. The van der Waals surface area contributed by atoms with E-state index in [1.807, 2.05) is 31.4 Å². The van der Waals surface area contributed by atoms with Gasteiger partial charge in [-0.15, -0.1) is 0 Å². The number of fused-ring (bicyclic) bond motifs is 1. The first-order chi connectivity index (χ1) is 8.75. The Bertz CT molecular complexity index is 707. The first kappa shape index (κ1) is 11.0. The van der Waals surface area contributed by atoms with Crippen LogP contribution < -0.4 is 5.73 Å². The molecule has 0 amide bonds. The zero-order chi connectivity index (χ0) is 12.5. The van der Waals surface area contributed by atoms with Crippen LogP contribution in [0.15, 0.2) is 47.0 Å². The van der Waals surface area contributed by atoms with Crippen molar-refractivity contribution in [2.24, 2.45) is 7.05 Å². The lowest BCUT2D eigenvalue weighted by Crippen LogP contribution is -1.93. The van der Waals surface area contributed by atoms with E-state index < -0.39 is 0 Å². The third kappa shape index (κ3) is 1.80. The average Bonchev–Trinajstić information content (AvgIpc) is 2.79. The molecule has 1 aromatic carbocycles. The monoisotopic (exact) mass is 257 g/mol. The van der Waals surface area contributed by atoms with Crippen molar-refractivity contribution in [3.8, 4) is 0 Å². The van der Waals surface area contributed by atoms with Crippen molar-refractivity contribution in [2.45, 2.75) is 10.1 Å². The lowest BCUT2D eigenvalue weighted by Gasteiger charge is -2.07. The predicted molar refractivity (Wildman–Crippen MR) is 71.3 cm³/mol. The van der Waals surface area contributed by atoms with Gasteiger partial charge in [-0.25, -0.2) is 9.67 Å². The summed E-state index contributed by atoms with van der Waals surface area (Å²) in [7, 11) is 1.87. The quantitative estimate of drug-likeness (QED) is 0.712. The Labute approximate surface area is 108 Å². The predicted octanol–water partition coefficient (Wildman–Crippen LogP) is 2.10. The molecule has 0 aliphatic rings. The smallest absolute Gasteiger partial charge is 0.190 e. The van der Waals surface area contributed by atoms with Crippen LogP contribution in [0, 0.1) is 0 Å². The number of rotatable bonds is 2. The van der Waals surface area contributed by atoms with Gasteiger partial charge in [0.15, 0.2) is 5.16 Å². The van der Waals surface area contributed by atoms with Gasteiger partial charge < -0.3 is 5.73 Å². The molecule has 2 aromatic heterocycles. The maximum absolute atomic E-state index is 5.96. The van der Waals surface area contributed by atoms with Gasteiger partial charge in [-0.1, -0.05) is 0 Å². The zero-order valence-electron chi connectivity index (χ0n) is 9.74. The summed E-state index contributed by atoms with van der Waals surface area (Å²) in [5.74, 6) is 0. The first-order valence-corrected chi connectivity index (χ1v) is 6.21. The van der Waals surface area contributed by atoms with Crippen molar-refractivity contribution >= 4 is 28.2 Å². The topological polar surface area (TPSA) is 69.6 Å². The number of benzene rings is 1.